The number of anilines is 1. The number of amides is 1. The Morgan fingerprint density at radius 3 is 2.30 bits per heavy atom. The maximum atomic E-state index is 12.6. The quantitative estimate of drug-likeness (QED) is 0.796. The van der Waals surface area contributed by atoms with E-state index in [1.165, 1.54) is 5.56 Å². The number of carbonyl (C=O) groups is 1. The lowest BCUT2D eigenvalue weighted by Crippen LogP contribution is -2.13. The Morgan fingerprint density at radius 2 is 1.65 bits per heavy atom. The number of carbonyl (C=O) groups excluding carboxylic acids is 1. The summed E-state index contributed by atoms with van der Waals surface area (Å²) in [7, 11) is 1.81. The standard InChI is InChI=1S/C19H19N3O/c1-13-8-4-5-9-15(13)16-10-6-7-11-18(16)20-19(23)17-12-22(3)21-14(17)2/h4-12H,1-3H3,(H,20,23). The van der Waals surface area contributed by atoms with Crippen molar-refractivity contribution in [3.63, 3.8) is 0 Å². The van der Waals surface area contributed by atoms with Gasteiger partial charge in [0.05, 0.1) is 11.3 Å². The highest BCUT2D eigenvalue weighted by molar-refractivity contribution is 6.06. The molecule has 23 heavy (non-hydrogen) atoms. The number of aromatic nitrogens is 2. The van der Waals surface area contributed by atoms with E-state index in [1.807, 2.05) is 50.4 Å². The van der Waals surface area contributed by atoms with Crippen LogP contribution in [0.15, 0.2) is 54.7 Å². The van der Waals surface area contributed by atoms with Crippen molar-refractivity contribution in [2.75, 3.05) is 5.32 Å². The summed E-state index contributed by atoms with van der Waals surface area (Å²) in [6, 6.07) is 16.0. The van der Waals surface area contributed by atoms with Gasteiger partial charge in [0.25, 0.3) is 5.91 Å². The minimum absolute atomic E-state index is 0.142. The van der Waals surface area contributed by atoms with E-state index in [0.717, 1.165) is 22.5 Å². The Labute approximate surface area is 135 Å². The molecule has 0 radical (unpaired) electrons. The van der Waals surface area contributed by atoms with Crippen LogP contribution in [0.2, 0.25) is 0 Å². The first-order valence-electron chi connectivity index (χ1n) is 7.53. The van der Waals surface area contributed by atoms with E-state index in [2.05, 4.69) is 29.5 Å². The van der Waals surface area contributed by atoms with Gasteiger partial charge in [-0.15, -0.1) is 0 Å². The van der Waals surface area contributed by atoms with Crippen molar-refractivity contribution in [2.45, 2.75) is 13.8 Å². The molecule has 1 amide bonds. The summed E-state index contributed by atoms with van der Waals surface area (Å²) in [5.74, 6) is -0.142. The van der Waals surface area contributed by atoms with Gasteiger partial charge >= 0.3 is 0 Å². The molecule has 0 spiro atoms. The molecule has 1 aromatic heterocycles. The third-order valence-electron chi connectivity index (χ3n) is 3.87. The highest BCUT2D eigenvalue weighted by Crippen LogP contribution is 2.30. The molecule has 0 bridgehead atoms. The maximum Gasteiger partial charge on any atom is 0.259 e. The third kappa shape index (κ3) is 3.01. The first-order chi connectivity index (χ1) is 11.1. The lowest BCUT2D eigenvalue weighted by atomic mass is 9.99. The first-order valence-corrected chi connectivity index (χ1v) is 7.53. The Morgan fingerprint density at radius 1 is 1.00 bits per heavy atom. The lowest BCUT2D eigenvalue weighted by molar-refractivity contribution is 0.102. The maximum absolute atomic E-state index is 12.6. The van der Waals surface area contributed by atoms with Crippen LogP contribution in [0.3, 0.4) is 0 Å². The molecule has 0 aliphatic carbocycles. The SMILES string of the molecule is Cc1ccccc1-c1ccccc1NC(=O)c1cn(C)nc1C. The van der Waals surface area contributed by atoms with E-state index >= 15 is 0 Å². The second-order valence-electron chi connectivity index (χ2n) is 5.62. The van der Waals surface area contributed by atoms with Gasteiger partial charge in [0.1, 0.15) is 0 Å². The number of rotatable bonds is 3. The summed E-state index contributed by atoms with van der Waals surface area (Å²) in [6.07, 6.45) is 1.74. The zero-order valence-corrected chi connectivity index (χ0v) is 13.5. The summed E-state index contributed by atoms with van der Waals surface area (Å²) in [6.45, 7) is 3.90. The molecule has 2 aromatic carbocycles. The van der Waals surface area contributed by atoms with Crippen LogP contribution >= 0.6 is 0 Å². The lowest BCUT2D eigenvalue weighted by Gasteiger charge is -2.13. The Hall–Kier alpha value is -2.88. The largest absolute Gasteiger partial charge is 0.321 e. The summed E-state index contributed by atoms with van der Waals surface area (Å²) in [5, 5.41) is 7.24. The Kier molecular flexibility index (Phi) is 3.98. The van der Waals surface area contributed by atoms with Gasteiger partial charge in [-0.2, -0.15) is 5.10 Å². The minimum atomic E-state index is -0.142. The van der Waals surface area contributed by atoms with Crippen LogP contribution in [-0.2, 0) is 7.05 Å². The number of nitrogens with zero attached hydrogens (tertiary/aromatic N) is 2. The zero-order chi connectivity index (χ0) is 16.4. The number of para-hydroxylation sites is 1. The minimum Gasteiger partial charge on any atom is -0.321 e. The zero-order valence-electron chi connectivity index (χ0n) is 13.5. The van der Waals surface area contributed by atoms with Gasteiger partial charge in [-0.3, -0.25) is 9.48 Å². The highest BCUT2D eigenvalue weighted by Gasteiger charge is 2.15. The first kappa shape index (κ1) is 15.0. The van der Waals surface area contributed by atoms with Gasteiger partial charge in [0.15, 0.2) is 0 Å². The molecule has 0 saturated carbocycles. The number of aryl methyl sites for hydroxylation is 3. The van der Waals surface area contributed by atoms with Crippen molar-refractivity contribution in [3.8, 4) is 11.1 Å². The average molecular weight is 305 g/mol. The van der Waals surface area contributed by atoms with Crippen LogP contribution in [-0.4, -0.2) is 15.7 Å². The van der Waals surface area contributed by atoms with Gasteiger partial charge in [-0.05, 0) is 31.0 Å². The predicted octanol–water partition coefficient (Wildman–Crippen LogP) is 3.96. The van der Waals surface area contributed by atoms with Crippen LogP contribution in [0, 0.1) is 13.8 Å². The van der Waals surface area contributed by atoms with Gasteiger partial charge in [0, 0.05) is 24.5 Å². The van der Waals surface area contributed by atoms with Gasteiger partial charge in [0.2, 0.25) is 0 Å². The van der Waals surface area contributed by atoms with Crippen molar-refractivity contribution < 1.29 is 4.79 Å². The monoisotopic (exact) mass is 305 g/mol. The van der Waals surface area contributed by atoms with E-state index in [4.69, 9.17) is 0 Å². The van der Waals surface area contributed by atoms with Crippen molar-refractivity contribution >= 4 is 11.6 Å². The van der Waals surface area contributed by atoms with Gasteiger partial charge < -0.3 is 5.32 Å². The molecule has 0 unspecified atom stereocenters. The summed E-state index contributed by atoms with van der Waals surface area (Å²) < 4.78 is 1.65. The van der Waals surface area contributed by atoms with E-state index in [9.17, 15) is 4.79 Å². The molecule has 0 aliphatic heterocycles. The summed E-state index contributed by atoms with van der Waals surface area (Å²) in [4.78, 5) is 12.6. The van der Waals surface area contributed by atoms with E-state index in [-0.39, 0.29) is 5.91 Å². The highest BCUT2D eigenvalue weighted by atomic mass is 16.1. The second-order valence-corrected chi connectivity index (χ2v) is 5.62. The number of nitrogens with one attached hydrogen (secondary N) is 1. The van der Waals surface area contributed by atoms with Crippen LogP contribution in [0.5, 0.6) is 0 Å². The fraction of sp³-hybridized carbons (Fsp3) is 0.158. The molecule has 0 fully saturated rings. The molecule has 1 heterocycles. The van der Waals surface area contributed by atoms with Gasteiger partial charge in [-0.1, -0.05) is 42.5 Å². The second kappa shape index (κ2) is 6.08. The van der Waals surface area contributed by atoms with Crippen molar-refractivity contribution in [1.29, 1.82) is 0 Å². The predicted molar refractivity (Wildman–Crippen MR) is 92.5 cm³/mol. The van der Waals surface area contributed by atoms with Crippen molar-refractivity contribution in [1.82, 2.24) is 9.78 Å². The Bertz CT molecular complexity index is 865. The molecule has 1 N–H and O–H groups in total. The smallest absolute Gasteiger partial charge is 0.259 e. The fourth-order valence-electron chi connectivity index (χ4n) is 2.71. The van der Waals surface area contributed by atoms with Crippen LogP contribution < -0.4 is 5.32 Å². The van der Waals surface area contributed by atoms with Crippen molar-refractivity contribution in [3.05, 3.63) is 71.5 Å². The number of benzene rings is 2. The molecule has 116 valence electrons. The average Bonchev–Trinajstić information content (AvgIpc) is 2.87. The third-order valence-corrected chi connectivity index (χ3v) is 3.87. The van der Waals surface area contributed by atoms with Crippen LogP contribution in [0.4, 0.5) is 5.69 Å². The van der Waals surface area contributed by atoms with Gasteiger partial charge in [-0.25, -0.2) is 0 Å². The Balaban J connectivity index is 1.97. The number of hydrogen-bond donors (Lipinski definition) is 1. The molecule has 0 aliphatic rings. The van der Waals surface area contributed by atoms with E-state index < -0.39 is 0 Å². The summed E-state index contributed by atoms with van der Waals surface area (Å²) >= 11 is 0. The van der Waals surface area contributed by atoms with E-state index in [1.54, 1.807) is 10.9 Å². The normalized spacial score (nSPS) is 10.6. The molecular formula is C19H19N3O. The van der Waals surface area contributed by atoms with Crippen LogP contribution in [0.25, 0.3) is 11.1 Å². The topological polar surface area (TPSA) is 46.9 Å². The van der Waals surface area contributed by atoms with Crippen LogP contribution in [0.1, 0.15) is 21.6 Å². The summed E-state index contributed by atoms with van der Waals surface area (Å²) in [5.41, 5.74) is 5.42. The molecule has 0 saturated heterocycles. The molecule has 4 heteroatoms. The molecule has 4 nitrogen and oxygen atoms in total. The molecule has 3 aromatic rings. The molecule has 3 rings (SSSR count). The fourth-order valence-corrected chi connectivity index (χ4v) is 2.71. The van der Waals surface area contributed by atoms with E-state index in [0.29, 0.717) is 5.56 Å². The molecule has 0 atom stereocenters. The number of hydrogen-bond acceptors (Lipinski definition) is 2. The van der Waals surface area contributed by atoms with Crippen molar-refractivity contribution in [2.24, 2.45) is 7.05 Å². The molecular weight excluding hydrogens is 286 g/mol.